The summed E-state index contributed by atoms with van der Waals surface area (Å²) in [5.74, 6) is -1.73. The first-order chi connectivity index (χ1) is 12.4. The van der Waals surface area contributed by atoms with E-state index in [2.05, 4.69) is 21.2 Å². The Morgan fingerprint density at radius 1 is 1.00 bits per heavy atom. The van der Waals surface area contributed by atoms with E-state index in [0.29, 0.717) is 5.56 Å². The Morgan fingerprint density at radius 3 is 2.15 bits per heavy atom. The number of benzene rings is 2. The Labute approximate surface area is 156 Å². The highest BCUT2D eigenvalue weighted by Gasteiger charge is 2.13. The topological polar surface area (TPSA) is 116 Å². The molecule has 0 aliphatic heterocycles. The lowest BCUT2D eigenvalue weighted by atomic mass is 10.1. The molecule has 0 radical (unpaired) electrons. The van der Waals surface area contributed by atoms with Gasteiger partial charge in [0.05, 0.1) is 4.92 Å². The molecule has 0 bridgehead atoms. The zero-order valence-electron chi connectivity index (χ0n) is 13.3. The number of nitrogens with zero attached hydrogens (tertiary/aromatic N) is 1. The van der Waals surface area contributed by atoms with Gasteiger partial charge in [-0.2, -0.15) is 0 Å². The molecular formula is C17H13BrN2O6. The summed E-state index contributed by atoms with van der Waals surface area (Å²) in [6.45, 7) is -0.909. The van der Waals surface area contributed by atoms with Gasteiger partial charge in [-0.15, -0.1) is 0 Å². The number of ether oxygens (including phenoxy) is 1. The summed E-state index contributed by atoms with van der Waals surface area (Å²) < 4.78 is 5.61. The number of hydrogen-bond acceptors (Lipinski definition) is 6. The summed E-state index contributed by atoms with van der Waals surface area (Å²) in [6, 6.07) is 11.5. The van der Waals surface area contributed by atoms with Crippen molar-refractivity contribution in [2.75, 3.05) is 13.2 Å². The first-order valence-electron chi connectivity index (χ1n) is 7.34. The molecule has 9 heteroatoms. The number of hydrogen-bond donors (Lipinski definition) is 1. The van der Waals surface area contributed by atoms with E-state index in [1.165, 1.54) is 24.3 Å². The van der Waals surface area contributed by atoms with Crippen LogP contribution in [-0.2, 0) is 9.53 Å². The van der Waals surface area contributed by atoms with E-state index in [9.17, 15) is 24.5 Å². The summed E-state index contributed by atoms with van der Waals surface area (Å²) in [7, 11) is 0. The molecule has 0 atom stereocenters. The minimum absolute atomic E-state index is 0.144. The van der Waals surface area contributed by atoms with E-state index in [-0.39, 0.29) is 17.8 Å². The van der Waals surface area contributed by atoms with E-state index in [4.69, 9.17) is 4.74 Å². The van der Waals surface area contributed by atoms with Crippen LogP contribution in [0.2, 0.25) is 0 Å². The van der Waals surface area contributed by atoms with Crippen LogP contribution in [0.4, 0.5) is 5.69 Å². The summed E-state index contributed by atoms with van der Waals surface area (Å²) in [5.41, 5.74) is 0.416. The number of rotatable bonds is 7. The van der Waals surface area contributed by atoms with E-state index >= 15 is 0 Å². The molecule has 0 saturated carbocycles. The lowest BCUT2D eigenvalue weighted by molar-refractivity contribution is -0.384. The number of nitro groups is 1. The van der Waals surface area contributed by atoms with Crippen LogP contribution in [0.25, 0.3) is 0 Å². The number of carbonyl (C=O) groups excluding carboxylic acids is 3. The fourth-order valence-corrected chi connectivity index (χ4v) is 2.17. The lowest BCUT2D eigenvalue weighted by Gasteiger charge is -2.06. The van der Waals surface area contributed by atoms with Gasteiger partial charge in [0.25, 0.3) is 11.6 Å². The molecule has 0 heterocycles. The molecule has 1 N–H and O–H groups in total. The zero-order chi connectivity index (χ0) is 19.1. The molecule has 1 amide bonds. The highest BCUT2D eigenvalue weighted by Crippen LogP contribution is 2.12. The summed E-state index contributed by atoms with van der Waals surface area (Å²) in [4.78, 5) is 45.3. The number of esters is 1. The van der Waals surface area contributed by atoms with Crippen molar-refractivity contribution in [2.24, 2.45) is 0 Å². The third-order valence-electron chi connectivity index (χ3n) is 3.26. The normalized spacial score (nSPS) is 10.0. The maximum absolute atomic E-state index is 11.9. The predicted molar refractivity (Wildman–Crippen MR) is 94.9 cm³/mol. The summed E-state index contributed by atoms with van der Waals surface area (Å²) in [5, 5.41) is 12.9. The van der Waals surface area contributed by atoms with Gasteiger partial charge in [-0.1, -0.05) is 15.9 Å². The highest BCUT2D eigenvalue weighted by molar-refractivity contribution is 9.10. The molecule has 8 nitrogen and oxygen atoms in total. The average Bonchev–Trinajstić information content (AvgIpc) is 2.64. The second-order valence-corrected chi connectivity index (χ2v) is 5.99. The number of nitrogens with one attached hydrogen (secondary N) is 1. The van der Waals surface area contributed by atoms with Crippen LogP contribution in [0, 0.1) is 10.1 Å². The standard InChI is InChI=1S/C17H13BrN2O6/c18-13-5-1-12(2-6-13)17(23)19-9-16(22)26-10-15(21)11-3-7-14(8-4-11)20(24)25/h1-8H,9-10H2,(H,19,23). The Hall–Kier alpha value is -3.07. The fraction of sp³-hybridized carbons (Fsp3) is 0.118. The third-order valence-corrected chi connectivity index (χ3v) is 3.79. The Morgan fingerprint density at radius 2 is 1.58 bits per heavy atom. The van der Waals surface area contributed by atoms with Crippen molar-refractivity contribution >= 4 is 39.3 Å². The van der Waals surface area contributed by atoms with E-state index < -0.39 is 29.2 Å². The monoisotopic (exact) mass is 420 g/mol. The van der Waals surface area contributed by atoms with E-state index in [1.54, 1.807) is 24.3 Å². The molecule has 2 aromatic rings. The van der Waals surface area contributed by atoms with Gasteiger partial charge in [0.15, 0.2) is 12.4 Å². The van der Waals surface area contributed by atoms with Gasteiger partial charge in [-0.25, -0.2) is 0 Å². The summed E-state index contributed by atoms with van der Waals surface area (Å²) in [6.07, 6.45) is 0. The van der Waals surface area contributed by atoms with Crippen molar-refractivity contribution < 1.29 is 24.0 Å². The third kappa shape index (κ3) is 5.49. The first kappa shape index (κ1) is 19.3. The van der Waals surface area contributed by atoms with E-state index in [0.717, 1.165) is 4.47 Å². The van der Waals surface area contributed by atoms with Crippen molar-refractivity contribution in [1.29, 1.82) is 0 Å². The van der Waals surface area contributed by atoms with Crippen molar-refractivity contribution in [1.82, 2.24) is 5.32 Å². The van der Waals surface area contributed by atoms with Crippen molar-refractivity contribution in [3.8, 4) is 0 Å². The van der Waals surface area contributed by atoms with Crippen LogP contribution < -0.4 is 5.32 Å². The smallest absolute Gasteiger partial charge is 0.325 e. The minimum Gasteiger partial charge on any atom is -0.456 e. The van der Waals surface area contributed by atoms with Gasteiger partial charge >= 0.3 is 5.97 Å². The quantitative estimate of drug-likeness (QED) is 0.318. The van der Waals surface area contributed by atoms with Crippen LogP contribution in [0.5, 0.6) is 0 Å². The second-order valence-electron chi connectivity index (χ2n) is 5.08. The van der Waals surface area contributed by atoms with Crippen molar-refractivity contribution in [3.63, 3.8) is 0 Å². The molecule has 0 saturated heterocycles. The number of halogens is 1. The molecule has 2 aromatic carbocycles. The van der Waals surface area contributed by atoms with E-state index in [1.807, 2.05) is 0 Å². The van der Waals surface area contributed by atoms with Crippen molar-refractivity contribution in [2.45, 2.75) is 0 Å². The van der Waals surface area contributed by atoms with Gasteiger partial charge in [-0.05, 0) is 36.4 Å². The zero-order valence-corrected chi connectivity index (χ0v) is 14.9. The van der Waals surface area contributed by atoms with Crippen molar-refractivity contribution in [3.05, 3.63) is 74.2 Å². The van der Waals surface area contributed by atoms with Gasteiger partial charge in [0.2, 0.25) is 0 Å². The second kappa shape index (κ2) is 8.86. The maximum Gasteiger partial charge on any atom is 0.325 e. The van der Waals surface area contributed by atoms with Gasteiger partial charge in [0.1, 0.15) is 6.54 Å². The molecule has 0 aliphatic rings. The largest absolute Gasteiger partial charge is 0.456 e. The molecule has 0 unspecified atom stereocenters. The molecule has 0 fully saturated rings. The lowest BCUT2D eigenvalue weighted by Crippen LogP contribution is -2.31. The van der Waals surface area contributed by atoms with Gasteiger partial charge in [0, 0.05) is 27.7 Å². The molecule has 0 spiro atoms. The van der Waals surface area contributed by atoms with Crippen LogP contribution in [0.15, 0.2) is 53.0 Å². The fourth-order valence-electron chi connectivity index (χ4n) is 1.91. The number of ketones is 1. The number of carbonyl (C=O) groups is 3. The Kier molecular flexibility index (Phi) is 6.56. The van der Waals surface area contributed by atoms with Crippen LogP contribution in [0.1, 0.15) is 20.7 Å². The van der Waals surface area contributed by atoms with Crippen LogP contribution in [0.3, 0.4) is 0 Å². The SMILES string of the molecule is O=C(CNC(=O)c1ccc(Br)cc1)OCC(=O)c1ccc([N+](=O)[O-])cc1. The average molecular weight is 421 g/mol. The number of amides is 1. The summed E-state index contributed by atoms with van der Waals surface area (Å²) >= 11 is 3.25. The molecule has 26 heavy (non-hydrogen) atoms. The number of nitro benzene ring substituents is 1. The molecule has 0 aliphatic carbocycles. The Balaban J connectivity index is 1.79. The molecule has 0 aromatic heterocycles. The molecule has 134 valence electrons. The first-order valence-corrected chi connectivity index (χ1v) is 8.13. The van der Waals surface area contributed by atoms with Crippen LogP contribution in [-0.4, -0.2) is 35.7 Å². The minimum atomic E-state index is -0.772. The van der Waals surface area contributed by atoms with Gasteiger partial charge < -0.3 is 10.1 Å². The highest BCUT2D eigenvalue weighted by atomic mass is 79.9. The molecule has 2 rings (SSSR count). The number of Topliss-reactive ketones (excluding diaryl/α,β-unsaturated/α-hetero) is 1. The predicted octanol–water partition coefficient (Wildman–Crippen LogP) is 2.51. The Bertz CT molecular complexity index is 833. The number of non-ortho nitro benzene ring substituents is 1. The molecular weight excluding hydrogens is 408 g/mol. The maximum atomic E-state index is 11.9. The van der Waals surface area contributed by atoms with Crippen LogP contribution >= 0.6 is 15.9 Å². The van der Waals surface area contributed by atoms with Gasteiger partial charge in [-0.3, -0.25) is 24.5 Å².